The van der Waals surface area contributed by atoms with Crippen molar-refractivity contribution in [2.75, 3.05) is 13.1 Å². The van der Waals surface area contributed by atoms with Crippen LogP contribution in [-0.4, -0.2) is 35.0 Å². The van der Waals surface area contributed by atoms with Crippen LogP contribution in [0.15, 0.2) is 12.1 Å². The highest BCUT2D eigenvalue weighted by Gasteiger charge is 2.46. The molecule has 108 valence electrons. The lowest BCUT2D eigenvalue weighted by molar-refractivity contribution is -0.142. The summed E-state index contributed by atoms with van der Waals surface area (Å²) in [4.78, 5) is 26.2. The molecular formula is C14H16ClNO3S. The van der Waals surface area contributed by atoms with E-state index in [9.17, 15) is 14.7 Å². The van der Waals surface area contributed by atoms with Gasteiger partial charge in [-0.2, -0.15) is 0 Å². The van der Waals surface area contributed by atoms with Gasteiger partial charge in [-0.05, 0) is 36.8 Å². The molecule has 0 bridgehead atoms. The zero-order chi connectivity index (χ0) is 14.3. The van der Waals surface area contributed by atoms with Crippen molar-refractivity contribution in [2.24, 2.45) is 17.8 Å². The van der Waals surface area contributed by atoms with Crippen LogP contribution in [0.5, 0.6) is 0 Å². The average molecular weight is 314 g/mol. The molecule has 2 fully saturated rings. The fourth-order valence-corrected chi connectivity index (χ4v) is 4.08. The standard InChI is InChI=1S/C14H16ClNO3S/c15-12-4-3-9(20-12)5-13(17)16-6-10(8-1-2-8)11(7-16)14(18)19/h3-4,8,10-11H,1-2,5-7H2,(H,18,19)/t10-,11+/m1/s1. The van der Waals surface area contributed by atoms with E-state index in [1.165, 1.54) is 11.3 Å². The summed E-state index contributed by atoms with van der Waals surface area (Å²) in [7, 11) is 0. The molecule has 0 aromatic carbocycles. The fraction of sp³-hybridized carbons (Fsp3) is 0.571. The molecule has 1 amide bonds. The molecule has 2 heterocycles. The fourth-order valence-electron chi connectivity index (χ4n) is 3.00. The Labute approximate surface area is 126 Å². The van der Waals surface area contributed by atoms with Gasteiger partial charge in [-0.3, -0.25) is 9.59 Å². The van der Waals surface area contributed by atoms with Gasteiger partial charge >= 0.3 is 5.97 Å². The van der Waals surface area contributed by atoms with Gasteiger partial charge in [-0.1, -0.05) is 11.6 Å². The lowest BCUT2D eigenvalue weighted by Gasteiger charge is -2.15. The van der Waals surface area contributed by atoms with Crippen molar-refractivity contribution in [2.45, 2.75) is 19.3 Å². The van der Waals surface area contributed by atoms with Crippen molar-refractivity contribution in [1.29, 1.82) is 0 Å². The number of carboxylic acid groups (broad SMARTS) is 1. The molecule has 1 aliphatic heterocycles. The molecule has 1 saturated carbocycles. The topological polar surface area (TPSA) is 57.6 Å². The maximum Gasteiger partial charge on any atom is 0.308 e. The van der Waals surface area contributed by atoms with Gasteiger partial charge in [0.1, 0.15) is 0 Å². The second-order valence-electron chi connectivity index (χ2n) is 5.63. The van der Waals surface area contributed by atoms with Crippen molar-refractivity contribution in [3.05, 3.63) is 21.3 Å². The zero-order valence-corrected chi connectivity index (χ0v) is 12.5. The predicted octanol–water partition coefficient (Wildman–Crippen LogP) is 2.51. The first-order valence-corrected chi connectivity index (χ1v) is 7.99. The number of thiophene rings is 1. The highest BCUT2D eigenvalue weighted by Crippen LogP contribution is 2.44. The molecule has 1 saturated heterocycles. The molecule has 3 rings (SSSR count). The minimum atomic E-state index is -0.767. The molecule has 1 aliphatic carbocycles. The van der Waals surface area contributed by atoms with E-state index in [0.29, 0.717) is 29.8 Å². The van der Waals surface area contributed by atoms with Crippen LogP contribution in [-0.2, 0) is 16.0 Å². The third-order valence-electron chi connectivity index (χ3n) is 4.22. The Morgan fingerprint density at radius 2 is 2.10 bits per heavy atom. The first-order valence-electron chi connectivity index (χ1n) is 6.79. The summed E-state index contributed by atoms with van der Waals surface area (Å²) in [6, 6.07) is 3.64. The Kier molecular flexibility index (Phi) is 3.73. The van der Waals surface area contributed by atoms with E-state index in [4.69, 9.17) is 11.6 Å². The smallest absolute Gasteiger partial charge is 0.308 e. The van der Waals surface area contributed by atoms with Crippen LogP contribution in [0.25, 0.3) is 0 Å². The maximum absolute atomic E-state index is 12.3. The number of carboxylic acids is 1. The molecule has 1 aromatic rings. The third-order valence-corrected chi connectivity index (χ3v) is 5.45. The number of nitrogens with zero attached hydrogens (tertiary/aromatic N) is 1. The average Bonchev–Trinajstić information content (AvgIpc) is 3.00. The van der Waals surface area contributed by atoms with E-state index in [2.05, 4.69) is 0 Å². The van der Waals surface area contributed by atoms with Crippen LogP contribution in [0.2, 0.25) is 4.34 Å². The van der Waals surface area contributed by atoms with Crippen molar-refractivity contribution < 1.29 is 14.7 Å². The first kappa shape index (κ1) is 13.9. The summed E-state index contributed by atoms with van der Waals surface area (Å²) in [6.07, 6.45) is 2.54. The van der Waals surface area contributed by atoms with Crippen LogP contribution >= 0.6 is 22.9 Å². The van der Waals surface area contributed by atoms with Crippen LogP contribution in [0.3, 0.4) is 0 Å². The SMILES string of the molecule is O=C(O)[C@H]1CN(C(=O)Cc2ccc(Cl)s2)C[C@@H]1C1CC1. The highest BCUT2D eigenvalue weighted by atomic mass is 35.5. The predicted molar refractivity (Wildman–Crippen MR) is 77.0 cm³/mol. The summed E-state index contributed by atoms with van der Waals surface area (Å²) < 4.78 is 0.675. The molecule has 1 aromatic heterocycles. The molecule has 0 radical (unpaired) electrons. The molecule has 20 heavy (non-hydrogen) atoms. The Hall–Kier alpha value is -1.07. The van der Waals surface area contributed by atoms with Gasteiger partial charge in [-0.15, -0.1) is 11.3 Å². The number of carbonyl (C=O) groups is 2. The molecule has 4 nitrogen and oxygen atoms in total. The van der Waals surface area contributed by atoms with Crippen LogP contribution in [0, 0.1) is 17.8 Å². The number of likely N-dealkylation sites (tertiary alicyclic amines) is 1. The van der Waals surface area contributed by atoms with Crippen molar-refractivity contribution in [1.82, 2.24) is 4.90 Å². The maximum atomic E-state index is 12.3. The van der Waals surface area contributed by atoms with Gasteiger partial charge < -0.3 is 10.0 Å². The monoisotopic (exact) mass is 313 g/mol. The number of hydrogen-bond acceptors (Lipinski definition) is 3. The second-order valence-corrected chi connectivity index (χ2v) is 7.43. The minimum Gasteiger partial charge on any atom is -0.481 e. The summed E-state index contributed by atoms with van der Waals surface area (Å²) in [5, 5.41) is 9.30. The summed E-state index contributed by atoms with van der Waals surface area (Å²) >= 11 is 7.26. The van der Waals surface area contributed by atoms with Gasteiger partial charge in [0.25, 0.3) is 0 Å². The van der Waals surface area contributed by atoms with Gasteiger partial charge in [0.2, 0.25) is 5.91 Å². The number of hydrogen-bond donors (Lipinski definition) is 1. The number of halogens is 1. The van der Waals surface area contributed by atoms with E-state index >= 15 is 0 Å². The van der Waals surface area contributed by atoms with Gasteiger partial charge in [0.15, 0.2) is 0 Å². The summed E-state index contributed by atoms with van der Waals surface area (Å²) in [5.74, 6) is -0.499. The lowest BCUT2D eigenvalue weighted by atomic mass is 9.92. The highest BCUT2D eigenvalue weighted by molar-refractivity contribution is 7.16. The Balaban J connectivity index is 1.65. The van der Waals surface area contributed by atoms with Crippen LogP contribution < -0.4 is 0 Å². The van der Waals surface area contributed by atoms with E-state index in [1.54, 1.807) is 11.0 Å². The van der Waals surface area contributed by atoms with Crippen molar-refractivity contribution in [3.63, 3.8) is 0 Å². The van der Waals surface area contributed by atoms with E-state index in [1.807, 2.05) is 6.07 Å². The van der Waals surface area contributed by atoms with Gasteiger partial charge in [0, 0.05) is 18.0 Å². The molecule has 6 heteroatoms. The normalized spacial score (nSPS) is 25.9. The van der Waals surface area contributed by atoms with Gasteiger partial charge in [0.05, 0.1) is 16.7 Å². The molecule has 2 atom stereocenters. The quantitative estimate of drug-likeness (QED) is 0.929. The number of rotatable bonds is 4. The molecule has 1 N–H and O–H groups in total. The van der Waals surface area contributed by atoms with E-state index in [-0.39, 0.29) is 11.8 Å². The first-order chi connectivity index (χ1) is 9.54. The summed E-state index contributed by atoms with van der Waals surface area (Å²) in [5.41, 5.74) is 0. The zero-order valence-electron chi connectivity index (χ0n) is 10.9. The van der Waals surface area contributed by atoms with Crippen LogP contribution in [0.1, 0.15) is 17.7 Å². The lowest BCUT2D eigenvalue weighted by Crippen LogP contribution is -2.31. The van der Waals surface area contributed by atoms with Gasteiger partial charge in [-0.25, -0.2) is 0 Å². The van der Waals surface area contributed by atoms with E-state index in [0.717, 1.165) is 17.7 Å². The molecule has 0 unspecified atom stereocenters. The molecular weight excluding hydrogens is 298 g/mol. The molecule has 0 spiro atoms. The van der Waals surface area contributed by atoms with Crippen molar-refractivity contribution >= 4 is 34.8 Å². The number of amides is 1. The summed E-state index contributed by atoms with van der Waals surface area (Å²) in [6.45, 7) is 0.952. The third kappa shape index (κ3) is 2.83. The van der Waals surface area contributed by atoms with Crippen LogP contribution in [0.4, 0.5) is 0 Å². The Morgan fingerprint density at radius 3 is 2.65 bits per heavy atom. The minimum absolute atomic E-state index is 0.0120. The molecule has 2 aliphatic rings. The van der Waals surface area contributed by atoms with E-state index < -0.39 is 11.9 Å². The van der Waals surface area contributed by atoms with Crippen molar-refractivity contribution in [3.8, 4) is 0 Å². The Morgan fingerprint density at radius 1 is 1.35 bits per heavy atom. The largest absolute Gasteiger partial charge is 0.481 e. The Bertz CT molecular complexity index is 540. The number of carbonyl (C=O) groups excluding carboxylic acids is 1. The number of aliphatic carboxylic acids is 1. The second kappa shape index (κ2) is 5.37.